The van der Waals surface area contributed by atoms with Gasteiger partial charge in [0.05, 0.1) is 24.4 Å². The molecule has 0 aliphatic heterocycles. The largest absolute Gasteiger partial charge is 0.496 e. The smallest absolute Gasteiger partial charge is 0.248 e. The fraction of sp³-hybridized carbons (Fsp3) is 0.211. The Kier molecular flexibility index (Phi) is 7.32. The SMILES string of the molecule is COCCOc1c(Cl)cccc1NC(=O)/C=C/c1ccccc1OC. The number of carbonyl (C=O) groups is 1. The van der Waals surface area contributed by atoms with Crippen LogP contribution >= 0.6 is 11.6 Å². The van der Waals surface area contributed by atoms with E-state index in [-0.39, 0.29) is 5.91 Å². The molecule has 0 heterocycles. The lowest BCUT2D eigenvalue weighted by atomic mass is 10.2. The van der Waals surface area contributed by atoms with E-state index in [0.29, 0.717) is 35.4 Å². The third-order valence-corrected chi connectivity index (χ3v) is 3.61. The number of ether oxygens (including phenoxy) is 3. The van der Waals surface area contributed by atoms with Crippen LogP contribution in [-0.4, -0.2) is 33.3 Å². The fourth-order valence-corrected chi connectivity index (χ4v) is 2.35. The van der Waals surface area contributed by atoms with Gasteiger partial charge in [0.1, 0.15) is 12.4 Å². The number of carbonyl (C=O) groups excluding carboxylic acids is 1. The van der Waals surface area contributed by atoms with Gasteiger partial charge in [0.15, 0.2) is 5.75 Å². The molecule has 0 aromatic heterocycles. The summed E-state index contributed by atoms with van der Waals surface area (Å²) in [5.41, 5.74) is 1.31. The highest BCUT2D eigenvalue weighted by atomic mass is 35.5. The molecule has 0 fully saturated rings. The van der Waals surface area contributed by atoms with Gasteiger partial charge in [-0.3, -0.25) is 4.79 Å². The standard InChI is InChI=1S/C19H20ClNO4/c1-23-12-13-25-19-15(20)7-5-8-16(19)21-18(22)11-10-14-6-3-4-9-17(14)24-2/h3-11H,12-13H2,1-2H3,(H,21,22)/b11-10+. The van der Waals surface area contributed by atoms with Gasteiger partial charge in [0.25, 0.3) is 0 Å². The van der Waals surface area contributed by atoms with Crippen molar-refractivity contribution in [1.29, 1.82) is 0 Å². The van der Waals surface area contributed by atoms with E-state index >= 15 is 0 Å². The van der Waals surface area contributed by atoms with Crippen molar-refractivity contribution in [3.8, 4) is 11.5 Å². The summed E-state index contributed by atoms with van der Waals surface area (Å²) in [6.07, 6.45) is 3.11. The molecular weight excluding hydrogens is 342 g/mol. The van der Waals surface area contributed by atoms with Crippen LogP contribution in [0, 0.1) is 0 Å². The number of hydrogen-bond acceptors (Lipinski definition) is 4. The minimum absolute atomic E-state index is 0.301. The van der Waals surface area contributed by atoms with Gasteiger partial charge in [-0.2, -0.15) is 0 Å². The van der Waals surface area contributed by atoms with Crippen molar-refractivity contribution < 1.29 is 19.0 Å². The lowest BCUT2D eigenvalue weighted by molar-refractivity contribution is -0.111. The average Bonchev–Trinajstić information content (AvgIpc) is 2.62. The zero-order valence-corrected chi connectivity index (χ0v) is 14.9. The lowest BCUT2D eigenvalue weighted by Crippen LogP contribution is -2.11. The van der Waals surface area contributed by atoms with Gasteiger partial charge in [-0.25, -0.2) is 0 Å². The summed E-state index contributed by atoms with van der Waals surface area (Å²) in [6, 6.07) is 12.6. The molecule has 1 N–H and O–H groups in total. The molecule has 0 aliphatic carbocycles. The van der Waals surface area contributed by atoms with Crippen LogP contribution < -0.4 is 14.8 Å². The Bertz CT molecular complexity index is 746. The Morgan fingerprint density at radius 2 is 1.92 bits per heavy atom. The number of benzene rings is 2. The Hall–Kier alpha value is -2.50. The molecule has 6 heteroatoms. The summed E-state index contributed by atoms with van der Waals surface area (Å²) < 4.78 is 15.8. The highest BCUT2D eigenvalue weighted by Crippen LogP contribution is 2.33. The zero-order chi connectivity index (χ0) is 18.1. The molecule has 0 atom stereocenters. The predicted molar refractivity (Wildman–Crippen MR) is 99.5 cm³/mol. The van der Waals surface area contributed by atoms with Gasteiger partial charge in [0, 0.05) is 18.7 Å². The molecule has 5 nitrogen and oxygen atoms in total. The van der Waals surface area contributed by atoms with Gasteiger partial charge in [-0.1, -0.05) is 35.9 Å². The lowest BCUT2D eigenvalue weighted by Gasteiger charge is -2.13. The summed E-state index contributed by atoms with van der Waals surface area (Å²) in [4.78, 5) is 12.2. The first-order valence-electron chi connectivity index (χ1n) is 7.68. The van der Waals surface area contributed by atoms with Crippen molar-refractivity contribution >= 4 is 29.3 Å². The molecule has 0 saturated carbocycles. The third-order valence-electron chi connectivity index (χ3n) is 3.31. The number of rotatable bonds is 8. The molecule has 2 aromatic carbocycles. The molecule has 2 aromatic rings. The van der Waals surface area contributed by atoms with E-state index in [2.05, 4.69) is 5.32 Å². The van der Waals surface area contributed by atoms with Gasteiger partial charge in [0.2, 0.25) is 5.91 Å². The highest BCUT2D eigenvalue weighted by Gasteiger charge is 2.10. The number of para-hydroxylation sites is 2. The minimum atomic E-state index is -0.301. The first kappa shape index (κ1) is 18.8. The maximum absolute atomic E-state index is 12.2. The molecule has 25 heavy (non-hydrogen) atoms. The van der Waals surface area contributed by atoms with Crippen LogP contribution in [0.1, 0.15) is 5.56 Å². The van der Waals surface area contributed by atoms with Crippen molar-refractivity contribution in [2.75, 3.05) is 32.8 Å². The maximum Gasteiger partial charge on any atom is 0.248 e. The van der Waals surface area contributed by atoms with E-state index in [0.717, 1.165) is 5.56 Å². The van der Waals surface area contributed by atoms with Crippen molar-refractivity contribution in [2.45, 2.75) is 0 Å². The van der Waals surface area contributed by atoms with E-state index in [4.69, 9.17) is 25.8 Å². The van der Waals surface area contributed by atoms with Crippen LogP contribution in [0.15, 0.2) is 48.5 Å². The monoisotopic (exact) mass is 361 g/mol. The van der Waals surface area contributed by atoms with Crippen LogP contribution in [0.3, 0.4) is 0 Å². The molecule has 0 saturated heterocycles. The van der Waals surface area contributed by atoms with Gasteiger partial charge in [-0.05, 0) is 24.3 Å². The van der Waals surface area contributed by atoms with E-state index < -0.39 is 0 Å². The predicted octanol–water partition coefficient (Wildman–Crippen LogP) is 4.03. The molecule has 1 amide bonds. The second-order valence-corrected chi connectivity index (χ2v) is 5.43. The molecule has 0 radical (unpaired) electrons. The number of anilines is 1. The minimum Gasteiger partial charge on any atom is -0.496 e. The summed E-state index contributed by atoms with van der Waals surface area (Å²) >= 11 is 6.15. The summed E-state index contributed by atoms with van der Waals surface area (Å²) in [5.74, 6) is 0.808. The number of methoxy groups -OCH3 is 2. The van der Waals surface area contributed by atoms with Crippen molar-refractivity contribution in [2.24, 2.45) is 0 Å². The van der Waals surface area contributed by atoms with Crippen LogP contribution in [0.2, 0.25) is 5.02 Å². The summed E-state index contributed by atoms with van der Waals surface area (Å²) in [7, 11) is 3.17. The number of hydrogen-bond donors (Lipinski definition) is 1. The average molecular weight is 362 g/mol. The third kappa shape index (κ3) is 5.52. The molecule has 0 spiro atoms. The fourth-order valence-electron chi connectivity index (χ4n) is 2.13. The quantitative estimate of drug-likeness (QED) is 0.569. The zero-order valence-electron chi connectivity index (χ0n) is 14.1. The van der Waals surface area contributed by atoms with Gasteiger partial charge in [-0.15, -0.1) is 0 Å². The van der Waals surface area contributed by atoms with Crippen molar-refractivity contribution in [1.82, 2.24) is 0 Å². The summed E-state index contributed by atoms with van der Waals surface area (Å²) in [6.45, 7) is 0.756. The number of nitrogens with one attached hydrogen (secondary N) is 1. The number of amides is 1. The normalized spacial score (nSPS) is 10.7. The van der Waals surface area contributed by atoms with E-state index in [9.17, 15) is 4.79 Å². The molecular formula is C19H20ClNO4. The van der Waals surface area contributed by atoms with Gasteiger partial charge >= 0.3 is 0 Å². The Morgan fingerprint density at radius 1 is 1.12 bits per heavy atom. The summed E-state index contributed by atoms with van der Waals surface area (Å²) in [5, 5.41) is 3.19. The first-order valence-corrected chi connectivity index (χ1v) is 8.06. The first-order chi connectivity index (χ1) is 12.2. The van der Waals surface area contributed by atoms with E-state index in [1.54, 1.807) is 38.5 Å². The second kappa shape index (κ2) is 9.71. The highest BCUT2D eigenvalue weighted by molar-refractivity contribution is 6.32. The molecule has 0 aliphatic rings. The van der Waals surface area contributed by atoms with Crippen LogP contribution in [0.4, 0.5) is 5.69 Å². The number of halogens is 1. The molecule has 0 bridgehead atoms. The van der Waals surface area contributed by atoms with Crippen molar-refractivity contribution in [3.05, 3.63) is 59.1 Å². The van der Waals surface area contributed by atoms with Crippen LogP contribution in [0.5, 0.6) is 11.5 Å². The molecule has 2 rings (SSSR count). The van der Waals surface area contributed by atoms with Gasteiger partial charge < -0.3 is 19.5 Å². The van der Waals surface area contributed by atoms with E-state index in [1.165, 1.54) is 6.08 Å². The van der Waals surface area contributed by atoms with Crippen LogP contribution in [0.25, 0.3) is 6.08 Å². The maximum atomic E-state index is 12.2. The Morgan fingerprint density at radius 3 is 2.68 bits per heavy atom. The van der Waals surface area contributed by atoms with Crippen molar-refractivity contribution in [3.63, 3.8) is 0 Å². The van der Waals surface area contributed by atoms with E-state index in [1.807, 2.05) is 24.3 Å². The second-order valence-electron chi connectivity index (χ2n) is 5.02. The molecule has 0 unspecified atom stereocenters. The Labute approximate surface area is 152 Å². The topological polar surface area (TPSA) is 56.8 Å². The Balaban J connectivity index is 2.10. The van der Waals surface area contributed by atoms with Crippen LogP contribution in [-0.2, 0) is 9.53 Å². The molecule has 132 valence electrons.